The van der Waals surface area contributed by atoms with E-state index >= 15 is 0 Å². The van der Waals surface area contributed by atoms with E-state index in [1.165, 1.54) is 24.3 Å². The third-order valence-corrected chi connectivity index (χ3v) is 7.55. The number of hydrogen-bond donors (Lipinski definition) is 1. The molecule has 1 aromatic heterocycles. The molecule has 6 atom stereocenters. The van der Waals surface area contributed by atoms with Crippen molar-refractivity contribution in [3.8, 4) is 0 Å². The molecule has 3 saturated heterocycles. The molecule has 6 unspecified atom stereocenters. The lowest BCUT2D eigenvalue weighted by Gasteiger charge is -2.61. The number of hydroxylamine groups is 1. The van der Waals surface area contributed by atoms with Gasteiger partial charge in [0.15, 0.2) is 5.72 Å². The van der Waals surface area contributed by atoms with Crippen molar-refractivity contribution in [1.29, 1.82) is 0 Å². The summed E-state index contributed by atoms with van der Waals surface area (Å²) in [6, 6.07) is 7.65. The molecule has 5 heterocycles. The molecule has 1 aliphatic carbocycles. The minimum atomic E-state index is -0.403. The summed E-state index contributed by atoms with van der Waals surface area (Å²) in [5.41, 5.74) is 2.49. The largest absolute Gasteiger partial charge is 0.294 e. The van der Waals surface area contributed by atoms with E-state index in [1.807, 2.05) is 6.07 Å². The van der Waals surface area contributed by atoms with Gasteiger partial charge in [0.2, 0.25) is 0 Å². The number of nitrogens with one attached hydrogen (secondary N) is 1. The second-order valence-corrected chi connectivity index (χ2v) is 8.72. The number of piperidine rings is 3. The molecule has 0 amide bonds. The SMILES string of the molecule is Fc1ccc2cc(C3C4CC5CC(CN3C5)C43N=CNO3)sc2c1. The number of halogens is 1. The standard InChI is InChI=1S/C18H18FN3OS/c19-13-2-1-11-5-16(24-15(11)6-13)17-14-4-10-3-12(8-22(17)7-10)18(14)20-9-21-23-18/h1-2,5-6,9-10,12,14,17H,3-4,7-8H2,(H,20,21). The number of hydrogen-bond acceptors (Lipinski definition) is 5. The Morgan fingerprint density at radius 1 is 1.29 bits per heavy atom. The maximum Gasteiger partial charge on any atom is 0.195 e. The molecule has 0 radical (unpaired) electrons. The summed E-state index contributed by atoms with van der Waals surface area (Å²) < 4.78 is 14.6. The van der Waals surface area contributed by atoms with Gasteiger partial charge >= 0.3 is 0 Å². The summed E-state index contributed by atoms with van der Waals surface area (Å²) in [7, 11) is 0. The van der Waals surface area contributed by atoms with Crippen LogP contribution in [0.1, 0.15) is 23.8 Å². The number of benzene rings is 1. The number of rotatable bonds is 1. The molecule has 24 heavy (non-hydrogen) atoms. The van der Waals surface area contributed by atoms with Crippen LogP contribution in [0.15, 0.2) is 29.3 Å². The smallest absolute Gasteiger partial charge is 0.195 e. The molecule has 1 aromatic carbocycles. The zero-order valence-corrected chi connectivity index (χ0v) is 13.9. The fraction of sp³-hybridized carbons (Fsp3) is 0.500. The Morgan fingerprint density at radius 2 is 2.25 bits per heavy atom. The third-order valence-electron chi connectivity index (χ3n) is 6.38. The molecule has 2 aromatic rings. The van der Waals surface area contributed by atoms with Gasteiger partial charge in [0.25, 0.3) is 0 Å². The summed E-state index contributed by atoms with van der Waals surface area (Å²) in [4.78, 5) is 14.7. The van der Waals surface area contributed by atoms with Crippen molar-refractivity contribution in [2.24, 2.45) is 22.7 Å². The van der Waals surface area contributed by atoms with Crippen LogP contribution in [0.3, 0.4) is 0 Å². The molecular weight excluding hydrogens is 325 g/mol. The normalized spacial score (nSPS) is 42.3. The van der Waals surface area contributed by atoms with Crippen molar-refractivity contribution in [3.05, 3.63) is 35.0 Å². The number of thiophene rings is 1. The van der Waals surface area contributed by atoms with Crippen LogP contribution >= 0.6 is 11.3 Å². The summed E-state index contributed by atoms with van der Waals surface area (Å²) >= 11 is 1.72. The van der Waals surface area contributed by atoms with Crippen LogP contribution in [-0.2, 0) is 4.84 Å². The van der Waals surface area contributed by atoms with E-state index in [-0.39, 0.29) is 5.82 Å². The lowest BCUT2D eigenvalue weighted by Crippen LogP contribution is -2.67. The average molecular weight is 343 g/mol. The minimum absolute atomic E-state index is 0.161. The lowest BCUT2D eigenvalue weighted by atomic mass is 9.59. The first-order valence-electron chi connectivity index (χ1n) is 8.63. The average Bonchev–Trinajstić information content (AvgIpc) is 3.19. The molecule has 1 saturated carbocycles. The van der Waals surface area contributed by atoms with Gasteiger partial charge in [-0.2, -0.15) is 0 Å². The van der Waals surface area contributed by atoms with Gasteiger partial charge in [-0.25, -0.2) is 14.2 Å². The Kier molecular flexibility index (Phi) is 2.61. The highest BCUT2D eigenvalue weighted by Gasteiger charge is 2.63. The molecule has 7 rings (SSSR count). The second kappa shape index (κ2) is 4.56. The predicted octanol–water partition coefficient (Wildman–Crippen LogP) is 3.31. The monoisotopic (exact) mass is 343 g/mol. The first-order chi connectivity index (χ1) is 11.7. The van der Waals surface area contributed by atoms with Gasteiger partial charge in [-0.3, -0.25) is 10.4 Å². The van der Waals surface area contributed by atoms with Crippen LogP contribution in [-0.4, -0.2) is 30.1 Å². The molecule has 1 N–H and O–H groups in total. The summed E-state index contributed by atoms with van der Waals surface area (Å²) in [6.07, 6.45) is 4.10. The first kappa shape index (κ1) is 13.8. The first-order valence-corrected chi connectivity index (χ1v) is 9.45. The van der Waals surface area contributed by atoms with Gasteiger partial charge in [0.05, 0.1) is 6.04 Å². The maximum absolute atomic E-state index is 13.6. The molecule has 4 nitrogen and oxygen atoms in total. The molecular formula is C18H18FN3OS. The molecule has 4 fully saturated rings. The van der Waals surface area contributed by atoms with E-state index in [9.17, 15) is 4.39 Å². The van der Waals surface area contributed by atoms with E-state index in [1.54, 1.807) is 29.8 Å². The molecule has 6 heteroatoms. The van der Waals surface area contributed by atoms with Crippen molar-refractivity contribution in [1.82, 2.24) is 10.4 Å². The Morgan fingerprint density at radius 3 is 3.12 bits per heavy atom. The van der Waals surface area contributed by atoms with Crippen LogP contribution in [0.5, 0.6) is 0 Å². The topological polar surface area (TPSA) is 36.9 Å². The quantitative estimate of drug-likeness (QED) is 0.863. The van der Waals surface area contributed by atoms with Crippen LogP contribution in [0.2, 0.25) is 0 Å². The molecule has 5 aliphatic rings. The van der Waals surface area contributed by atoms with E-state index in [2.05, 4.69) is 16.4 Å². The van der Waals surface area contributed by atoms with E-state index < -0.39 is 5.72 Å². The summed E-state index contributed by atoms with van der Waals surface area (Å²) in [5.74, 6) is 1.45. The van der Waals surface area contributed by atoms with Gasteiger partial charge in [0, 0.05) is 34.5 Å². The third kappa shape index (κ3) is 1.66. The Hall–Kier alpha value is -1.50. The van der Waals surface area contributed by atoms with Crippen molar-refractivity contribution in [3.63, 3.8) is 0 Å². The van der Waals surface area contributed by atoms with E-state index in [0.717, 1.165) is 22.5 Å². The molecule has 124 valence electrons. The van der Waals surface area contributed by atoms with Crippen molar-refractivity contribution in [2.75, 3.05) is 13.1 Å². The Bertz CT molecular complexity index is 867. The van der Waals surface area contributed by atoms with Gasteiger partial charge < -0.3 is 0 Å². The van der Waals surface area contributed by atoms with E-state index in [0.29, 0.717) is 17.9 Å². The molecule has 4 bridgehead atoms. The Balaban J connectivity index is 1.48. The van der Waals surface area contributed by atoms with Gasteiger partial charge in [0.1, 0.15) is 12.2 Å². The molecule has 4 aliphatic heterocycles. The van der Waals surface area contributed by atoms with Gasteiger partial charge in [-0.15, -0.1) is 11.3 Å². The van der Waals surface area contributed by atoms with Crippen LogP contribution in [0, 0.1) is 23.6 Å². The van der Waals surface area contributed by atoms with E-state index in [4.69, 9.17) is 9.83 Å². The van der Waals surface area contributed by atoms with Crippen molar-refractivity contribution >= 4 is 27.8 Å². The van der Waals surface area contributed by atoms with Gasteiger partial charge in [-0.1, -0.05) is 6.07 Å². The number of aliphatic imine (C=N–C) groups is 1. The number of fused-ring (bicyclic) bond motifs is 1. The predicted molar refractivity (Wildman–Crippen MR) is 91.2 cm³/mol. The zero-order valence-electron chi connectivity index (χ0n) is 13.1. The maximum atomic E-state index is 13.6. The Labute approximate surface area is 143 Å². The van der Waals surface area contributed by atoms with Crippen LogP contribution < -0.4 is 5.48 Å². The summed E-state index contributed by atoms with van der Waals surface area (Å²) in [5, 5.41) is 1.13. The van der Waals surface area contributed by atoms with Crippen molar-refractivity contribution in [2.45, 2.75) is 24.6 Å². The minimum Gasteiger partial charge on any atom is -0.294 e. The summed E-state index contributed by atoms with van der Waals surface area (Å²) in [6.45, 7) is 2.22. The van der Waals surface area contributed by atoms with Crippen LogP contribution in [0.4, 0.5) is 4.39 Å². The zero-order chi connectivity index (χ0) is 15.9. The fourth-order valence-electron chi connectivity index (χ4n) is 5.56. The number of nitrogens with zero attached hydrogens (tertiary/aromatic N) is 2. The highest BCUT2D eigenvalue weighted by Crippen LogP contribution is 2.60. The molecule has 1 spiro atoms. The highest BCUT2D eigenvalue weighted by atomic mass is 32.1. The second-order valence-electron chi connectivity index (χ2n) is 7.60. The lowest BCUT2D eigenvalue weighted by molar-refractivity contribution is -0.234. The highest BCUT2D eigenvalue weighted by molar-refractivity contribution is 7.19. The van der Waals surface area contributed by atoms with Crippen molar-refractivity contribution < 1.29 is 9.23 Å². The van der Waals surface area contributed by atoms with Gasteiger partial charge in [-0.05, 0) is 42.3 Å². The fourth-order valence-corrected chi connectivity index (χ4v) is 6.85. The van der Waals surface area contributed by atoms with Crippen LogP contribution in [0.25, 0.3) is 10.1 Å².